The second kappa shape index (κ2) is 7.49. The third-order valence-electron chi connectivity index (χ3n) is 4.28. The van der Waals surface area contributed by atoms with E-state index in [0.717, 1.165) is 12.1 Å². The Morgan fingerprint density at radius 2 is 1.90 bits per heavy atom. The molecule has 1 aliphatic heterocycles. The minimum atomic E-state index is -4.06. The van der Waals surface area contributed by atoms with E-state index in [9.17, 15) is 26.4 Å². The molecule has 2 heterocycles. The molecule has 1 aromatic carbocycles. The molecule has 13 heteroatoms. The van der Waals surface area contributed by atoms with Crippen LogP contribution in [0, 0.1) is 12.3 Å². The van der Waals surface area contributed by atoms with Crippen LogP contribution in [-0.4, -0.2) is 46.1 Å². The van der Waals surface area contributed by atoms with Crippen LogP contribution in [0.3, 0.4) is 0 Å². The Bertz CT molecular complexity index is 1200. The van der Waals surface area contributed by atoms with E-state index in [1.165, 1.54) is 32.0 Å². The Labute approximate surface area is 173 Å². The van der Waals surface area contributed by atoms with Crippen LogP contribution >= 0.6 is 0 Å². The van der Waals surface area contributed by atoms with Crippen LogP contribution < -0.4 is 14.3 Å². The van der Waals surface area contributed by atoms with Crippen molar-refractivity contribution in [1.29, 1.82) is 0 Å². The van der Waals surface area contributed by atoms with Crippen LogP contribution in [0.5, 0.6) is 0 Å². The van der Waals surface area contributed by atoms with Gasteiger partial charge in [0.1, 0.15) is 5.76 Å². The van der Waals surface area contributed by atoms with Crippen LogP contribution in [0.4, 0.5) is 11.5 Å². The van der Waals surface area contributed by atoms with E-state index >= 15 is 0 Å². The standard InChI is InChI=1S/C17H20N4O7S2/c1-11-8-14(20-28-11)19-15(22)9-18-30(26,27)13-6-4-12(5-7-13)21-16(23)17(2,3)10-29(21,24)25/h4-8,18H,9-10H2,1-3H3,(H,19,20,22). The summed E-state index contributed by atoms with van der Waals surface area (Å²) in [6.07, 6.45) is 0. The largest absolute Gasteiger partial charge is 0.360 e. The Balaban J connectivity index is 1.70. The highest BCUT2D eigenvalue weighted by molar-refractivity contribution is 7.94. The molecule has 162 valence electrons. The molecule has 0 aliphatic carbocycles. The summed E-state index contributed by atoms with van der Waals surface area (Å²) in [4.78, 5) is 24.1. The first-order valence-corrected chi connectivity index (χ1v) is 11.8. The van der Waals surface area contributed by atoms with Crippen molar-refractivity contribution >= 4 is 43.4 Å². The number of carbonyl (C=O) groups excluding carboxylic acids is 2. The number of aryl methyl sites for hydroxylation is 1. The van der Waals surface area contributed by atoms with Gasteiger partial charge in [0.2, 0.25) is 31.9 Å². The molecular formula is C17H20N4O7S2. The zero-order valence-corrected chi connectivity index (χ0v) is 18.0. The molecule has 2 aromatic rings. The van der Waals surface area contributed by atoms with Crippen molar-refractivity contribution < 1.29 is 30.9 Å². The molecule has 1 aromatic heterocycles. The molecule has 3 rings (SSSR count). The van der Waals surface area contributed by atoms with Gasteiger partial charge in [0.25, 0.3) is 0 Å². The average molecular weight is 457 g/mol. The van der Waals surface area contributed by atoms with Crippen molar-refractivity contribution in [3.8, 4) is 0 Å². The number of nitrogens with zero attached hydrogens (tertiary/aromatic N) is 2. The molecule has 0 spiro atoms. The summed E-state index contributed by atoms with van der Waals surface area (Å²) < 4.78 is 57.0. The summed E-state index contributed by atoms with van der Waals surface area (Å²) in [5.41, 5.74) is -1.02. The second-order valence-corrected chi connectivity index (χ2v) is 11.0. The van der Waals surface area contributed by atoms with Crippen molar-refractivity contribution in [3.05, 3.63) is 36.1 Å². The first-order valence-electron chi connectivity index (χ1n) is 8.72. The number of hydrogen-bond donors (Lipinski definition) is 2. The first-order chi connectivity index (χ1) is 13.8. The maximum absolute atomic E-state index is 12.4. The fourth-order valence-electron chi connectivity index (χ4n) is 2.88. The average Bonchev–Trinajstić information content (AvgIpc) is 3.10. The van der Waals surface area contributed by atoms with Gasteiger partial charge in [-0.05, 0) is 45.0 Å². The number of benzene rings is 1. The zero-order valence-electron chi connectivity index (χ0n) is 16.4. The fourth-order valence-corrected chi connectivity index (χ4v) is 5.97. The Hall–Kier alpha value is -2.77. The van der Waals surface area contributed by atoms with Gasteiger partial charge >= 0.3 is 0 Å². The summed E-state index contributed by atoms with van der Waals surface area (Å²) in [5, 5.41) is 5.94. The number of aromatic nitrogens is 1. The molecule has 0 unspecified atom stereocenters. The molecule has 0 saturated carbocycles. The molecule has 30 heavy (non-hydrogen) atoms. The number of nitrogens with one attached hydrogen (secondary N) is 2. The number of hydrogen-bond acceptors (Lipinski definition) is 8. The van der Waals surface area contributed by atoms with Gasteiger partial charge in [-0.2, -0.15) is 0 Å². The van der Waals surface area contributed by atoms with Crippen LogP contribution in [0.25, 0.3) is 0 Å². The van der Waals surface area contributed by atoms with Crippen molar-refractivity contribution in [2.45, 2.75) is 25.7 Å². The number of sulfonamides is 2. The minimum absolute atomic E-state index is 0.0451. The van der Waals surface area contributed by atoms with E-state index < -0.39 is 43.8 Å². The summed E-state index contributed by atoms with van der Waals surface area (Å²) in [5.74, 6) is -0.940. The Morgan fingerprint density at radius 1 is 1.27 bits per heavy atom. The van der Waals surface area contributed by atoms with E-state index in [1.807, 2.05) is 0 Å². The van der Waals surface area contributed by atoms with E-state index in [4.69, 9.17) is 4.52 Å². The zero-order chi connectivity index (χ0) is 22.3. The lowest BCUT2D eigenvalue weighted by Gasteiger charge is -2.17. The molecule has 0 radical (unpaired) electrons. The van der Waals surface area contributed by atoms with E-state index in [1.54, 1.807) is 6.92 Å². The molecule has 1 fully saturated rings. The molecule has 0 bridgehead atoms. The van der Waals surface area contributed by atoms with E-state index in [-0.39, 0.29) is 22.2 Å². The molecule has 1 aliphatic rings. The van der Waals surface area contributed by atoms with Crippen molar-refractivity contribution in [2.24, 2.45) is 5.41 Å². The van der Waals surface area contributed by atoms with Gasteiger partial charge in [-0.3, -0.25) is 9.59 Å². The van der Waals surface area contributed by atoms with Gasteiger partial charge in [-0.25, -0.2) is 25.9 Å². The third kappa shape index (κ3) is 4.37. The highest BCUT2D eigenvalue weighted by Gasteiger charge is 2.49. The molecular weight excluding hydrogens is 436 g/mol. The second-order valence-electron chi connectivity index (χ2n) is 7.40. The monoisotopic (exact) mass is 456 g/mol. The number of rotatable bonds is 6. The van der Waals surface area contributed by atoms with Crippen molar-refractivity contribution in [2.75, 3.05) is 21.9 Å². The highest BCUT2D eigenvalue weighted by Crippen LogP contribution is 2.35. The molecule has 0 atom stereocenters. The third-order valence-corrected chi connectivity index (χ3v) is 7.72. The molecule has 1 saturated heterocycles. The number of amides is 2. The topological polar surface area (TPSA) is 156 Å². The maximum atomic E-state index is 12.4. The van der Waals surface area contributed by atoms with Crippen LogP contribution in [0.15, 0.2) is 39.8 Å². The maximum Gasteiger partial charge on any atom is 0.247 e. The molecule has 11 nitrogen and oxygen atoms in total. The SMILES string of the molecule is Cc1cc(NC(=O)CNS(=O)(=O)c2ccc(N3C(=O)C(C)(C)CS3(=O)=O)cc2)no1. The van der Waals surface area contributed by atoms with Crippen molar-refractivity contribution in [3.63, 3.8) is 0 Å². The summed E-state index contributed by atoms with van der Waals surface area (Å²) in [6.45, 7) is 4.14. The molecule has 2 N–H and O–H groups in total. The quantitative estimate of drug-likeness (QED) is 0.640. The molecule has 2 amide bonds. The van der Waals surface area contributed by atoms with Gasteiger partial charge in [0, 0.05) is 6.07 Å². The van der Waals surface area contributed by atoms with Crippen LogP contribution in [0.2, 0.25) is 0 Å². The summed E-state index contributed by atoms with van der Waals surface area (Å²) in [6, 6.07) is 6.24. The van der Waals surface area contributed by atoms with Gasteiger partial charge in [0.05, 0.1) is 28.3 Å². The normalized spacial score (nSPS) is 17.8. The minimum Gasteiger partial charge on any atom is -0.360 e. The van der Waals surface area contributed by atoms with Crippen LogP contribution in [-0.2, 0) is 29.6 Å². The van der Waals surface area contributed by atoms with Gasteiger partial charge < -0.3 is 9.84 Å². The first kappa shape index (κ1) is 21.9. The van der Waals surface area contributed by atoms with Crippen LogP contribution in [0.1, 0.15) is 19.6 Å². The van der Waals surface area contributed by atoms with Gasteiger partial charge in [-0.1, -0.05) is 5.16 Å². The predicted molar refractivity (Wildman–Crippen MR) is 107 cm³/mol. The lowest BCUT2D eigenvalue weighted by molar-refractivity contribution is -0.123. The number of carbonyl (C=O) groups is 2. The lowest BCUT2D eigenvalue weighted by Crippen LogP contribution is -2.33. The van der Waals surface area contributed by atoms with Gasteiger partial charge in [0.15, 0.2) is 5.82 Å². The number of anilines is 2. The van der Waals surface area contributed by atoms with Gasteiger partial charge in [-0.15, -0.1) is 0 Å². The summed E-state index contributed by atoms with van der Waals surface area (Å²) >= 11 is 0. The fraction of sp³-hybridized carbons (Fsp3) is 0.353. The smallest absolute Gasteiger partial charge is 0.247 e. The Morgan fingerprint density at radius 3 is 2.40 bits per heavy atom. The van der Waals surface area contributed by atoms with E-state index in [0.29, 0.717) is 10.1 Å². The Kier molecular flexibility index (Phi) is 5.47. The highest BCUT2D eigenvalue weighted by atomic mass is 32.2. The lowest BCUT2D eigenvalue weighted by atomic mass is 9.95. The van der Waals surface area contributed by atoms with Crippen molar-refractivity contribution in [1.82, 2.24) is 9.88 Å². The predicted octanol–water partition coefficient (Wildman–Crippen LogP) is 0.603. The van der Waals surface area contributed by atoms with E-state index in [2.05, 4.69) is 15.2 Å². The summed E-state index contributed by atoms with van der Waals surface area (Å²) in [7, 11) is -7.90.